The molecule has 0 bridgehead atoms. The van der Waals surface area contributed by atoms with Crippen molar-refractivity contribution in [1.82, 2.24) is 4.90 Å². The average Bonchev–Trinajstić information content (AvgIpc) is 2.01. The number of ketones is 1. The van der Waals surface area contributed by atoms with Crippen LogP contribution in [0.2, 0.25) is 0 Å². The topological polar surface area (TPSA) is 29.5 Å². The molecular formula is C11H21NO2. The van der Waals surface area contributed by atoms with Gasteiger partial charge in [0.05, 0.1) is 12.7 Å². The fourth-order valence-electron chi connectivity index (χ4n) is 1.91. The van der Waals surface area contributed by atoms with Gasteiger partial charge < -0.3 is 4.74 Å². The van der Waals surface area contributed by atoms with Gasteiger partial charge in [0.15, 0.2) is 0 Å². The zero-order chi connectivity index (χ0) is 10.6. The summed E-state index contributed by atoms with van der Waals surface area (Å²) in [6, 6.07) is 0. The molecule has 1 atom stereocenters. The van der Waals surface area contributed by atoms with Gasteiger partial charge in [-0.05, 0) is 12.8 Å². The number of hydrogen-bond donors (Lipinski definition) is 0. The molecule has 0 radical (unpaired) electrons. The van der Waals surface area contributed by atoms with Crippen LogP contribution in [0.1, 0.15) is 27.2 Å². The van der Waals surface area contributed by atoms with Crippen LogP contribution in [0.15, 0.2) is 0 Å². The molecule has 1 heterocycles. The highest BCUT2D eigenvalue weighted by Crippen LogP contribution is 2.10. The van der Waals surface area contributed by atoms with E-state index in [4.69, 9.17) is 4.74 Å². The molecule has 0 saturated carbocycles. The van der Waals surface area contributed by atoms with Crippen molar-refractivity contribution in [2.75, 3.05) is 26.2 Å². The summed E-state index contributed by atoms with van der Waals surface area (Å²) in [5, 5.41) is 0. The standard InChI is InChI=1S/C11H21NO2/c1-9(2)7-12-4-5-14-11(8-12)6-10(3)13/h9,11H,4-8H2,1-3H3/t11-/m0/s1. The Hall–Kier alpha value is -0.410. The second-order valence-corrected chi connectivity index (χ2v) is 4.55. The second-order valence-electron chi connectivity index (χ2n) is 4.55. The maximum atomic E-state index is 10.9. The molecule has 0 amide bonds. The van der Waals surface area contributed by atoms with Crippen LogP contribution in [0.4, 0.5) is 0 Å². The van der Waals surface area contributed by atoms with Gasteiger partial charge in [-0.1, -0.05) is 13.8 Å². The van der Waals surface area contributed by atoms with Gasteiger partial charge in [-0.15, -0.1) is 0 Å². The van der Waals surface area contributed by atoms with Crippen LogP contribution in [0.3, 0.4) is 0 Å². The van der Waals surface area contributed by atoms with Crippen LogP contribution in [-0.2, 0) is 9.53 Å². The highest BCUT2D eigenvalue weighted by Gasteiger charge is 2.21. The number of Topliss-reactive ketones (excluding diaryl/α,β-unsaturated/α-hetero) is 1. The summed E-state index contributed by atoms with van der Waals surface area (Å²) >= 11 is 0. The number of nitrogens with zero attached hydrogens (tertiary/aromatic N) is 1. The molecule has 0 N–H and O–H groups in total. The SMILES string of the molecule is CC(=O)C[C@H]1CN(CC(C)C)CCO1. The molecule has 3 nitrogen and oxygen atoms in total. The number of morpholine rings is 1. The highest BCUT2D eigenvalue weighted by molar-refractivity contribution is 5.76. The van der Waals surface area contributed by atoms with Crippen LogP contribution < -0.4 is 0 Å². The van der Waals surface area contributed by atoms with E-state index in [0.29, 0.717) is 12.3 Å². The van der Waals surface area contributed by atoms with E-state index >= 15 is 0 Å². The highest BCUT2D eigenvalue weighted by atomic mass is 16.5. The van der Waals surface area contributed by atoms with Crippen molar-refractivity contribution < 1.29 is 9.53 Å². The zero-order valence-electron chi connectivity index (χ0n) is 9.45. The third-order valence-electron chi connectivity index (χ3n) is 2.36. The van der Waals surface area contributed by atoms with Crippen molar-refractivity contribution in [3.8, 4) is 0 Å². The van der Waals surface area contributed by atoms with Crippen LogP contribution in [0.25, 0.3) is 0 Å². The summed E-state index contributed by atoms with van der Waals surface area (Å²) in [6.07, 6.45) is 0.689. The first-order valence-electron chi connectivity index (χ1n) is 5.41. The fourth-order valence-corrected chi connectivity index (χ4v) is 1.91. The fraction of sp³-hybridized carbons (Fsp3) is 0.909. The molecule has 1 aliphatic rings. The van der Waals surface area contributed by atoms with Gasteiger partial charge >= 0.3 is 0 Å². The van der Waals surface area contributed by atoms with Crippen molar-refractivity contribution >= 4 is 5.78 Å². The summed E-state index contributed by atoms with van der Waals surface area (Å²) in [5.41, 5.74) is 0. The Kier molecular flexibility index (Phi) is 4.55. The molecule has 1 rings (SSSR count). The normalized spacial score (nSPS) is 24.1. The molecule has 82 valence electrons. The maximum absolute atomic E-state index is 10.9. The van der Waals surface area contributed by atoms with Gasteiger partial charge in [0.2, 0.25) is 0 Å². The average molecular weight is 199 g/mol. The van der Waals surface area contributed by atoms with E-state index in [2.05, 4.69) is 18.7 Å². The predicted octanol–water partition coefficient (Wildman–Crippen LogP) is 1.32. The molecular weight excluding hydrogens is 178 g/mol. The Morgan fingerprint density at radius 2 is 2.29 bits per heavy atom. The van der Waals surface area contributed by atoms with E-state index in [1.54, 1.807) is 6.92 Å². The predicted molar refractivity (Wildman–Crippen MR) is 56.3 cm³/mol. The molecule has 0 spiro atoms. The van der Waals surface area contributed by atoms with Crippen molar-refractivity contribution in [3.05, 3.63) is 0 Å². The van der Waals surface area contributed by atoms with E-state index in [1.165, 1.54) is 0 Å². The van der Waals surface area contributed by atoms with Gasteiger partial charge in [0, 0.05) is 26.1 Å². The Morgan fingerprint density at radius 3 is 2.86 bits per heavy atom. The molecule has 0 aromatic carbocycles. The van der Waals surface area contributed by atoms with E-state index in [0.717, 1.165) is 26.2 Å². The van der Waals surface area contributed by atoms with E-state index in [-0.39, 0.29) is 11.9 Å². The monoisotopic (exact) mass is 199 g/mol. The zero-order valence-corrected chi connectivity index (χ0v) is 9.45. The van der Waals surface area contributed by atoms with E-state index in [1.807, 2.05) is 0 Å². The van der Waals surface area contributed by atoms with Gasteiger partial charge in [-0.2, -0.15) is 0 Å². The second kappa shape index (κ2) is 5.47. The van der Waals surface area contributed by atoms with Crippen LogP contribution >= 0.6 is 0 Å². The minimum Gasteiger partial charge on any atom is -0.375 e. The number of hydrogen-bond acceptors (Lipinski definition) is 3. The molecule has 14 heavy (non-hydrogen) atoms. The molecule has 0 aliphatic carbocycles. The Balaban J connectivity index is 2.32. The number of rotatable bonds is 4. The Labute approximate surface area is 86.4 Å². The summed E-state index contributed by atoms with van der Waals surface area (Å²) < 4.78 is 5.54. The van der Waals surface area contributed by atoms with E-state index in [9.17, 15) is 4.79 Å². The molecule has 1 fully saturated rings. The minimum atomic E-state index is 0.125. The molecule has 1 aliphatic heterocycles. The lowest BCUT2D eigenvalue weighted by Crippen LogP contribution is -2.44. The minimum absolute atomic E-state index is 0.125. The van der Waals surface area contributed by atoms with Crippen LogP contribution in [0.5, 0.6) is 0 Å². The van der Waals surface area contributed by atoms with Crippen molar-refractivity contribution in [2.24, 2.45) is 5.92 Å². The largest absolute Gasteiger partial charge is 0.375 e. The first-order valence-corrected chi connectivity index (χ1v) is 5.41. The van der Waals surface area contributed by atoms with Crippen LogP contribution in [-0.4, -0.2) is 43.0 Å². The van der Waals surface area contributed by atoms with Crippen molar-refractivity contribution in [2.45, 2.75) is 33.3 Å². The third kappa shape index (κ3) is 4.20. The van der Waals surface area contributed by atoms with Crippen LogP contribution in [0, 0.1) is 5.92 Å². The molecule has 0 unspecified atom stereocenters. The quantitative estimate of drug-likeness (QED) is 0.684. The number of carbonyl (C=O) groups excluding carboxylic acids is 1. The summed E-state index contributed by atoms with van der Waals surface area (Å²) in [4.78, 5) is 13.3. The maximum Gasteiger partial charge on any atom is 0.132 e. The number of ether oxygens (including phenoxy) is 1. The Bertz CT molecular complexity index is 192. The van der Waals surface area contributed by atoms with E-state index < -0.39 is 0 Å². The lowest BCUT2D eigenvalue weighted by atomic mass is 10.1. The number of carbonyl (C=O) groups is 1. The molecule has 1 saturated heterocycles. The van der Waals surface area contributed by atoms with Gasteiger partial charge in [0.25, 0.3) is 0 Å². The smallest absolute Gasteiger partial charge is 0.132 e. The molecule has 3 heteroatoms. The Morgan fingerprint density at radius 1 is 1.57 bits per heavy atom. The first kappa shape index (κ1) is 11.7. The van der Waals surface area contributed by atoms with Gasteiger partial charge in [-0.25, -0.2) is 0 Å². The summed E-state index contributed by atoms with van der Waals surface area (Å²) in [5.74, 6) is 0.910. The summed E-state index contributed by atoms with van der Waals surface area (Å²) in [7, 11) is 0. The van der Waals surface area contributed by atoms with Gasteiger partial charge in [0.1, 0.15) is 5.78 Å². The van der Waals surface area contributed by atoms with Crippen molar-refractivity contribution in [3.63, 3.8) is 0 Å². The first-order chi connectivity index (χ1) is 6.58. The lowest BCUT2D eigenvalue weighted by molar-refractivity contribution is -0.122. The molecule has 0 aromatic rings. The van der Waals surface area contributed by atoms with Crippen molar-refractivity contribution in [1.29, 1.82) is 0 Å². The van der Waals surface area contributed by atoms with Gasteiger partial charge in [-0.3, -0.25) is 9.69 Å². The summed E-state index contributed by atoms with van der Waals surface area (Å²) in [6.45, 7) is 9.86. The molecule has 0 aromatic heterocycles. The lowest BCUT2D eigenvalue weighted by Gasteiger charge is -2.33. The third-order valence-corrected chi connectivity index (χ3v) is 2.36.